The van der Waals surface area contributed by atoms with Gasteiger partial charge in [0.15, 0.2) is 4.34 Å². The number of nitrogens with one attached hydrogen (secondary N) is 1. The molecule has 0 radical (unpaired) electrons. The van der Waals surface area contributed by atoms with Crippen LogP contribution in [-0.4, -0.2) is 48.2 Å². The van der Waals surface area contributed by atoms with Crippen molar-refractivity contribution in [1.29, 1.82) is 0 Å². The summed E-state index contributed by atoms with van der Waals surface area (Å²) >= 11 is 9.22. The molecule has 0 atom stereocenters. The van der Waals surface area contributed by atoms with Crippen molar-refractivity contribution >= 4 is 52.0 Å². The Morgan fingerprint density at radius 2 is 2.21 bits per heavy atom. The van der Waals surface area contributed by atoms with Crippen molar-refractivity contribution in [3.8, 4) is 0 Å². The minimum atomic E-state index is -0.0944. The van der Waals surface area contributed by atoms with E-state index in [2.05, 4.69) is 20.4 Å². The predicted octanol–water partition coefficient (Wildman–Crippen LogP) is 3.07. The summed E-state index contributed by atoms with van der Waals surface area (Å²) in [5, 5.41) is 12.3. The summed E-state index contributed by atoms with van der Waals surface area (Å²) < 4.78 is 6.14. The first-order valence-corrected chi connectivity index (χ1v) is 9.65. The Morgan fingerprint density at radius 3 is 2.88 bits per heavy atom. The molecule has 1 fully saturated rings. The normalized spacial score (nSPS) is 14.7. The smallest absolute Gasteiger partial charge is 0.234 e. The molecule has 0 unspecified atom stereocenters. The van der Waals surface area contributed by atoms with E-state index >= 15 is 0 Å². The third kappa shape index (κ3) is 4.60. The molecule has 0 aliphatic carbocycles. The highest BCUT2D eigenvalue weighted by molar-refractivity contribution is 8.01. The number of nitrogens with zero attached hydrogens (tertiary/aromatic N) is 3. The molecule has 1 saturated heterocycles. The van der Waals surface area contributed by atoms with E-state index < -0.39 is 0 Å². The van der Waals surface area contributed by atoms with Crippen molar-refractivity contribution in [3.63, 3.8) is 0 Å². The minimum Gasteiger partial charge on any atom is -0.378 e. The number of aromatic nitrogens is 2. The molecular weight excluding hydrogens is 368 g/mol. The lowest BCUT2D eigenvalue weighted by molar-refractivity contribution is -0.113. The lowest BCUT2D eigenvalue weighted by Gasteiger charge is -2.29. The summed E-state index contributed by atoms with van der Waals surface area (Å²) in [4.78, 5) is 14.2. The number of amides is 1. The first kappa shape index (κ1) is 17.5. The quantitative estimate of drug-likeness (QED) is 0.799. The standard InChI is InChI=1S/C15H17ClN4O2S2/c1-10-18-19-15(24-10)23-9-14(21)17-11-2-3-13(12(16)8-11)20-4-6-22-7-5-20/h2-3,8H,4-7,9H2,1H3,(H,17,21). The van der Waals surface area contributed by atoms with Crippen LogP contribution in [0.4, 0.5) is 11.4 Å². The highest BCUT2D eigenvalue weighted by Gasteiger charge is 2.15. The van der Waals surface area contributed by atoms with Gasteiger partial charge in [-0.2, -0.15) is 0 Å². The van der Waals surface area contributed by atoms with Crippen LogP contribution in [0.1, 0.15) is 5.01 Å². The number of ether oxygens (including phenoxy) is 1. The summed E-state index contributed by atoms with van der Waals surface area (Å²) in [7, 11) is 0. The van der Waals surface area contributed by atoms with Crippen LogP contribution in [0.3, 0.4) is 0 Å². The zero-order valence-electron chi connectivity index (χ0n) is 13.1. The van der Waals surface area contributed by atoms with Crippen molar-refractivity contribution in [2.24, 2.45) is 0 Å². The maximum atomic E-state index is 12.0. The molecule has 1 aromatic carbocycles. The van der Waals surface area contributed by atoms with Gasteiger partial charge in [-0.05, 0) is 25.1 Å². The topological polar surface area (TPSA) is 67.4 Å². The fraction of sp³-hybridized carbons (Fsp3) is 0.400. The molecule has 2 aromatic rings. The molecular formula is C15H17ClN4O2S2. The molecule has 1 amide bonds. The molecule has 24 heavy (non-hydrogen) atoms. The maximum Gasteiger partial charge on any atom is 0.234 e. The van der Waals surface area contributed by atoms with Crippen molar-refractivity contribution in [2.75, 3.05) is 42.3 Å². The molecule has 6 nitrogen and oxygen atoms in total. The van der Waals surface area contributed by atoms with E-state index in [9.17, 15) is 4.79 Å². The second-order valence-corrected chi connectivity index (χ2v) is 8.00. The Balaban J connectivity index is 1.56. The van der Waals surface area contributed by atoms with Gasteiger partial charge in [0, 0.05) is 18.8 Å². The molecule has 9 heteroatoms. The number of rotatable bonds is 5. The van der Waals surface area contributed by atoms with E-state index in [1.165, 1.54) is 23.1 Å². The van der Waals surface area contributed by atoms with Gasteiger partial charge in [0.1, 0.15) is 5.01 Å². The first-order chi connectivity index (χ1) is 11.6. The molecule has 1 N–H and O–H groups in total. The summed E-state index contributed by atoms with van der Waals surface area (Å²) in [6, 6.07) is 5.59. The number of anilines is 2. The third-order valence-corrected chi connectivity index (χ3v) is 5.69. The van der Waals surface area contributed by atoms with Gasteiger partial charge in [-0.15, -0.1) is 10.2 Å². The molecule has 0 saturated carbocycles. The second-order valence-electron chi connectivity index (χ2n) is 5.19. The van der Waals surface area contributed by atoms with Gasteiger partial charge in [0.25, 0.3) is 0 Å². The monoisotopic (exact) mass is 384 g/mol. The number of hydrogen-bond acceptors (Lipinski definition) is 7. The molecule has 3 rings (SSSR count). The maximum absolute atomic E-state index is 12.0. The first-order valence-electron chi connectivity index (χ1n) is 7.47. The van der Waals surface area contributed by atoms with Gasteiger partial charge in [0.05, 0.1) is 29.7 Å². The van der Waals surface area contributed by atoms with Crippen LogP contribution in [0.25, 0.3) is 0 Å². The minimum absolute atomic E-state index is 0.0944. The number of thioether (sulfide) groups is 1. The average Bonchev–Trinajstić information content (AvgIpc) is 2.99. The summed E-state index contributed by atoms with van der Waals surface area (Å²) in [5.41, 5.74) is 1.66. The molecule has 1 aliphatic heterocycles. The van der Waals surface area contributed by atoms with Gasteiger partial charge in [0.2, 0.25) is 5.91 Å². The fourth-order valence-corrected chi connectivity index (χ4v) is 4.22. The van der Waals surface area contributed by atoms with Crippen LogP contribution in [0.5, 0.6) is 0 Å². The average molecular weight is 385 g/mol. The number of carbonyl (C=O) groups excluding carboxylic acids is 1. The fourth-order valence-electron chi connectivity index (χ4n) is 2.31. The van der Waals surface area contributed by atoms with Gasteiger partial charge in [-0.3, -0.25) is 4.79 Å². The van der Waals surface area contributed by atoms with Crippen LogP contribution in [0.2, 0.25) is 5.02 Å². The Morgan fingerprint density at radius 1 is 1.42 bits per heavy atom. The van der Waals surface area contributed by atoms with Crippen molar-refractivity contribution in [3.05, 3.63) is 28.2 Å². The number of hydrogen-bond donors (Lipinski definition) is 1. The zero-order valence-corrected chi connectivity index (χ0v) is 15.5. The Labute approximate surface area is 153 Å². The van der Waals surface area contributed by atoms with Crippen LogP contribution in [0, 0.1) is 6.92 Å². The molecule has 1 aliphatic rings. The van der Waals surface area contributed by atoms with E-state index in [-0.39, 0.29) is 11.7 Å². The summed E-state index contributed by atoms with van der Waals surface area (Å²) in [6.07, 6.45) is 0. The lowest BCUT2D eigenvalue weighted by atomic mass is 10.2. The number of benzene rings is 1. The van der Waals surface area contributed by atoms with E-state index in [1.807, 2.05) is 19.1 Å². The van der Waals surface area contributed by atoms with Crippen LogP contribution < -0.4 is 10.2 Å². The van der Waals surface area contributed by atoms with E-state index in [0.717, 1.165) is 28.1 Å². The summed E-state index contributed by atoms with van der Waals surface area (Å²) in [5.74, 6) is 0.195. The highest BCUT2D eigenvalue weighted by atomic mass is 35.5. The van der Waals surface area contributed by atoms with E-state index in [1.54, 1.807) is 6.07 Å². The van der Waals surface area contributed by atoms with Crippen LogP contribution >= 0.6 is 34.7 Å². The third-order valence-electron chi connectivity index (χ3n) is 3.42. The van der Waals surface area contributed by atoms with Crippen LogP contribution in [0.15, 0.2) is 22.5 Å². The molecule has 0 bridgehead atoms. The molecule has 0 spiro atoms. The Hall–Kier alpha value is -1.35. The van der Waals surface area contributed by atoms with Gasteiger partial charge in [-0.25, -0.2) is 0 Å². The van der Waals surface area contributed by atoms with Gasteiger partial charge in [-0.1, -0.05) is 34.7 Å². The second kappa shape index (κ2) is 8.15. The summed E-state index contributed by atoms with van der Waals surface area (Å²) in [6.45, 7) is 4.95. The number of carbonyl (C=O) groups is 1. The SMILES string of the molecule is Cc1nnc(SCC(=O)Nc2ccc(N3CCOCC3)c(Cl)c2)s1. The number of halogens is 1. The van der Waals surface area contributed by atoms with E-state index in [4.69, 9.17) is 16.3 Å². The largest absolute Gasteiger partial charge is 0.378 e. The molecule has 128 valence electrons. The van der Waals surface area contributed by atoms with Gasteiger partial charge >= 0.3 is 0 Å². The number of aryl methyl sites for hydroxylation is 1. The van der Waals surface area contributed by atoms with Crippen LogP contribution in [-0.2, 0) is 9.53 Å². The molecule has 2 heterocycles. The predicted molar refractivity (Wildman–Crippen MR) is 98.5 cm³/mol. The van der Waals surface area contributed by atoms with Crippen molar-refractivity contribution in [1.82, 2.24) is 10.2 Å². The zero-order chi connectivity index (χ0) is 16.9. The highest BCUT2D eigenvalue weighted by Crippen LogP contribution is 2.29. The van der Waals surface area contributed by atoms with Crippen molar-refractivity contribution < 1.29 is 9.53 Å². The van der Waals surface area contributed by atoms with Gasteiger partial charge < -0.3 is 15.0 Å². The molecule has 1 aromatic heterocycles. The lowest BCUT2D eigenvalue weighted by Crippen LogP contribution is -2.36. The van der Waals surface area contributed by atoms with Crippen molar-refractivity contribution in [2.45, 2.75) is 11.3 Å². The Bertz CT molecular complexity index is 719. The van der Waals surface area contributed by atoms with E-state index in [0.29, 0.717) is 23.9 Å². The number of morpholine rings is 1. The Kier molecular flexibility index (Phi) is 5.94.